The van der Waals surface area contributed by atoms with Crippen molar-refractivity contribution in [3.8, 4) is 0 Å². The number of ether oxygens (including phenoxy) is 1. The van der Waals surface area contributed by atoms with E-state index in [1.165, 1.54) is 18.2 Å². The lowest BCUT2D eigenvalue weighted by Gasteiger charge is -2.39. The molecule has 0 radical (unpaired) electrons. The molecule has 128 valence electrons. The maximum atomic E-state index is 13.2. The monoisotopic (exact) mass is 342 g/mol. The minimum atomic E-state index is -3.65. The summed E-state index contributed by atoms with van der Waals surface area (Å²) in [5.74, 6) is -0.540. The Bertz CT molecular complexity index is 624. The van der Waals surface area contributed by atoms with Crippen LogP contribution >= 0.6 is 0 Å². The summed E-state index contributed by atoms with van der Waals surface area (Å²) in [4.78, 5) is 2.43. The summed E-state index contributed by atoms with van der Waals surface area (Å²) in [5.41, 5.74) is 0. The Kier molecular flexibility index (Phi) is 5.31. The number of rotatable bonds is 4. The molecule has 7 heteroatoms. The second kappa shape index (κ2) is 7.25. The lowest BCUT2D eigenvalue weighted by molar-refractivity contribution is 0.0248. The van der Waals surface area contributed by atoms with Gasteiger partial charge in [0.15, 0.2) is 0 Å². The van der Waals surface area contributed by atoms with Crippen LogP contribution in [0.15, 0.2) is 29.2 Å². The molecule has 2 aliphatic rings. The highest BCUT2D eigenvalue weighted by atomic mass is 32.2. The van der Waals surface area contributed by atoms with Crippen molar-refractivity contribution in [3.63, 3.8) is 0 Å². The molecule has 2 heterocycles. The van der Waals surface area contributed by atoms with Gasteiger partial charge in [0.2, 0.25) is 10.0 Å². The average Bonchev–Trinajstić information content (AvgIpc) is 2.56. The number of piperidine rings is 1. The Hall–Kier alpha value is -1.02. The molecule has 0 amide bonds. The third-order valence-corrected chi connectivity index (χ3v) is 6.18. The standard InChI is InChI=1S/C16H23FN2O3S/c17-13-2-1-3-16(12-13)23(20,21)18-14-4-8-19(9-5-14)15-6-10-22-11-7-15/h1-3,12,14-15,18H,4-11H2. The van der Waals surface area contributed by atoms with Crippen LogP contribution < -0.4 is 4.72 Å². The van der Waals surface area contributed by atoms with E-state index in [1.807, 2.05) is 0 Å². The minimum absolute atomic E-state index is 0.00985. The molecule has 0 unspecified atom stereocenters. The molecule has 23 heavy (non-hydrogen) atoms. The van der Waals surface area contributed by atoms with Crippen LogP contribution in [-0.4, -0.2) is 51.7 Å². The minimum Gasteiger partial charge on any atom is -0.381 e. The van der Waals surface area contributed by atoms with E-state index < -0.39 is 15.8 Å². The van der Waals surface area contributed by atoms with Crippen molar-refractivity contribution in [1.29, 1.82) is 0 Å². The number of hydrogen-bond donors (Lipinski definition) is 1. The Morgan fingerprint density at radius 1 is 1.13 bits per heavy atom. The van der Waals surface area contributed by atoms with Crippen molar-refractivity contribution in [2.45, 2.75) is 42.7 Å². The van der Waals surface area contributed by atoms with E-state index in [1.54, 1.807) is 0 Å². The third kappa shape index (κ3) is 4.29. The van der Waals surface area contributed by atoms with E-state index in [-0.39, 0.29) is 10.9 Å². The quantitative estimate of drug-likeness (QED) is 0.906. The van der Waals surface area contributed by atoms with Crippen LogP contribution in [0.3, 0.4) is 0 Å². The van der Waals surface area contributed by atoms with Crippen LogP contribution in [0.25, 0.3) is 0 Å². The van der Waals surface area contributed by atoms with Gasteiger partial charge in [0.05, 0.1) is 4.90 Å². The first-order chi connectivity index (χ1) is 11.0. The Balaban J connectivity index is 1.55. The molecule has 0 aromatic heterocycles. The van der Waals surface area contributed by atoms with Gasteiger partial charge in [-0.1, -0.05) is 6.07 Å². The number of benzene rings is 1. The predicted molar refractivity (Wildman–Crippen MR) is 85.2 cm³/mol. The molecule has 2 fully saturated rings. The summed E-state index contributed by atoms with van der Waals surface area (Å²) in [6, 6.07) is 5.61. The second-order valence-electron chi connectivity index (χ2n) is 6.23. The van der Waals surface area contributed by atoms with Crippen LogP contribution in [0.5, 0.6) is 0 Å². The van der Waals surface area contributed by atoms with Crippen LogP contribution in [-0.2, 0) is 14.8 Å². The van der Waals surface area contributed by atoms with E-state index in [9.17, 15) is 12.8 Å². The summed E-state index contributed by atoms with van der Waals surface area (Å²) < 4.78 is 46.0. The highest BCUT2D eigenvalue weighted by Gasteiger charge is 2.28. The Morgan fingerprint density at radius 3 is 2.48 bits per heavy atom. The molecule has 1 N–H and O–H groups in total. The molecule has 5 nitrogen and oxygen atoms in total. The maximum absolute atomic E-state index is 13.2. The molecular formula is C16H23FN2O3S. The smallest absolute Gasteiger partial charge is 0.240 e. The first-order valence-corrected chi connectivity index (χ1v) is 9.62. The van der Waals surface area contributed by atoms with Crippen molar-refractivity contribution >= 4 is 10.0 Å². The van der Waals surface area contributed by atoms with Gasteiger partial charge in [-0.25, -0.2) is 17.5 Å². The molecule has 1 aromatic rings. The highest BCUT2D eigenvalue weighted by Crippen LogP contribution is 2.21. The molecule has 0 spiro atoms. The fraction of sp³-hybridized carbons (Fsp3) is 0.625. The summed E-state index contributed by atoms with van der Waals surface area (Å²) in [5, 5.41) is 0. The predicted octanol–water partition coefficient (Wildman–Crippen LogP) is 1.75. The number of likely N-dealkylation sites (tertiary alicyclic amines) is 1. The molecule has 0 saturated carbocycles. The summed E-state index contributed by atoms with van der Waals surface area (Å²) in [6.45, 7) is 3.41. The Labute approximate surface area is 136 Å². The number of nitrogens with one attached hydrogen (secondary N) is 1. The van der Waals surface area contributed by atoms with Crippen LogP contribution in [0.4, 0.5) is 4.39 Å². The van der Waals surface area contributed by atoms with Crippen molar-refractivity contribution in [2.75, 3.05) is 26.3 Å². The van der Waals surface area contributed by atoms with E-state index >= 15 is 0 Å². The van der Waals surface area contributed by atoms with Crippen molar-refractivity contribution in [3.05, 3.63) is 30.1 Å². The number of nitrogens with zero attached hydrogens (tertiary/aromatic N) is 1. The first-order valence-electron chi connectivity index (χ1n) is 8.14. The number of halogens is 1. The van der Waals surface area contributed by atoms with Crippen LogP contribution in [0.2, 0.25) is 0 Å². The van der Waals surface area contributed by atoms with Gasteiger partial charge >= 0.3 is 0 Å². The van der Waals surface area contributed by atoms with E-state index in [4.69, 9.17) is 4.74 Å². The fourth-order valence-electron chi connectivity index (χ4n) is 3.35. The van der Waals surface area contributed by atoms with Crippen molar-refractivity contribution in [2.24, 2.45) is 0 Å². The van der Waals surface area contributed by atoms with Crippen LogP contribution in [0.1, 0.15) is 25.7 Å². The molecule has 0 atom stereocenters. The maximum Gasteiger partial charge on any atom is 0.240 e. The molecule has 3 rings (SSSR count). The lowest BCUT2D eigenvalue weighted by Crippen LogP contribution is -2.49. The molecular weight excluding hydrogens is 319 g/mol. The summed E-state index contributed by atoms with van der Waals surface area (Å²) >= 11 is 0. The van der Waals surface area contributed by atoms with Crippen LogP contribution in [0, 0.1) is 5.82 Å². The Morgan fingerprint density at radius 2 is 1.83 bits per heavy atom. The number of hydrogen-bond acceptors (Lipinski definition) is 4. The third-order valence-electron chi connectivity index (χ3n) is 4.66. The number of sulfonamides is 1. The van der Waals surface area contributed by atoms with Crippen molar-refractivity contribution < 1.29 is 17.5 Å². The zero-order valence-electron chi connectivity index (χ0n) is 13.1. The van der Waals surface area contributed by atoms with Gasteiger partial charge in [-0.3, -0.25) is 0 Å². The van der Waals surface area contributed by atoms with E-state index in [0.717, 1.165) is 58.1 Å². The topological polar surface area (TPSA) is 58.6 Å². The van der Waals surface area contributed by atoms with E-state index in [0.29, 0.717) is 6.04 Å². The molecule has 2 aliphatic heterocycles. The zero-order valence-corrected chi connectivity index (χ0v) is 13.9. The normalized spacial score (nSPS) is 22.3. The molecule has 2 saturated heterocycles. The fourth-order valence-corrected chi connectivity index (χ4v) is 4.69. The summed E-state index contributed by atoms with van der Waals surface area (Å²) in [7, 11) is -3.65. The summed E-state index contributed by atoms with van der Waals surface area (Å²) in [6.07, 6.45) is 3.68. The SMILES string of the molecule is O=S(=O)(NC1CCN(C2CCOCC2)CC1)c1cccc(F)c1. The van der Waals surface area contributed by atoms with Crippen molar-refractivity contribution in [1.82, 2.24) is 9.62 Å². The van der Waals surface area contributed by atoms with Gasteiger partial charge < -0.3 is 9.64 Å². The molecule has 1 aromatic carbocycles. The molecule has 0 aliphatic carbocycles. The van der Waals surface area contributed by atoms with Gasteiger partial charge in [0.25, 0.3) is 0 Å². The largest absolute Gasteiger partial charge is 0.381 e. The first kappa shape index (κ1) is 16.8. The highest BCUT2D eigenvalue weighted by molar-refractivity contribution is 7.89. The van der Waals surface area contributed by atoms with Gasteiger partial charge in [0, 0.05) is 25.3 Å². The lowest BCUT2D eigenvalue weighted by atomic mass is 10.0. The van der Waals surface area contributed by atoms with Gasteiger partial charge in [-0.2, -0.15) is 0 Å². The molecule has 0 bridgehead atoms. The van der Waals surface area contributed by atoms with Gasteiger partial charge in [-0.05, 0) is 57.0 Å². The van der Waals surface area contributed by atoms with Gasteiger partial charge in [0.1, 0.15) is 5.82 Å². The second-order valence-corrected chi connectivity index (χ2v) is 7.95. The zero-order chi connectivity index (χ0) is 16.3. The van der Waals surface area contributed by atoms with Gasteiger partial charge in [-0.15, -0.1) is 0 Å². The average molecular weight is 342 g/mol. The van der Waals surface area contributed by atoms with E-state index in [2.05, 4.69) is 9.62 Å².